The van der Waals surface area contributed by atoms with Crippen LogP contribution in [-0.2, 0) is 0 Å². The SMILES string of the molecule is c1ccc(-c2nc(-c3cc4ccccc4c4ccccc34)nc(-c3cc4c5cc(-n6c7ccccc7c7cc8ccccc8cc76)ccc5oc4c4ccccc34)n2)cc1. The van der Waals surface area contributed by atoms with Gasteiger partial charge < -0.3 is 8.98 Å². The predicted molar refractivity (Wildman–Crippen MR) is 248 cm³/mol. The molecule has 0 unspecified atom stereocenters. The number of nitrogens with zero attached hydrogens (tertiary/aromatic N) is 4. The van der Waals surface area contributed by atoms with Gasteiger partial charge in [0.15, 0.2) is 17.5 Å². The zero-order valence-electron chi connectivity index (χ0n) is 32.2. The summed E-state index contributed by atoms with van der Waals surface area (Å²) in [5, 5.41) is 13.5. The number of aromatic nitrogens is 4. The van der Waals surface area contributed by atoms with E-state index in [0.717, 1.165) is 76.8 Å². The van der Waals surface area contributed by atoms with Crippen molar-refractivity contribution in [2.45, 2.75) is 0 Å². The Kier molecular flexibility index (Phi) is 6.95. The molecule has 0 bridgehead atoms. The summed E-state index contributed by atoms with van der Waals surface area (Å²) in [6.45, 7) is 0. The molecule has 0 spiro atoms. The summed E-state index contributed by atoms with van der Waals surface area (Å²) in [7, 11) is 0. The molecule has 0 N–H and O–H groups in total. The Hall–Kier alpha value is -8.15. The van der Waals surface area contributed by atoms with Crippen LogP contribution in [0, 0.1) is 0 Å². The molecular weight excluding hydrogens is 733 g/mol. The predicted octanol–water partition coefficient (Wildman–Crippen LogP) is 14.5. The van der Waals surface area contributed by atoms with Crippen LogP contribution in [0.5, 0.6) is 0 Å². The number of fused-ring (bicyclic) bond motifs is 12. The van der Waals surface area contributed by atoms with Crippen molar-refractivity contribution in [2.75, 3.05) is 0 Å². The van der Waals surface area contributed by atoms with E-state index in [-0.39, 0.29) is 0 Å². The average molecular weight is 765 g/mol. The molecule has 0 saturated carbocycles. The van der Waals surface area contributed by atoms with Crippen molar-refractivity contribution < 1.29 is 4.42 Å². The lowest BCUT2D eigenvalue weighted by Crippen LogP contribution is -2.01. The summed E-state index contributed by atoms with van der Waals surface area (Å²) >= 11 is 0. The lowest BCUT2D eigenvalue weighted by Gasteiger charge is -2.13. The molecule has 0 fully saturated rings. The summed E-state index contributed by atoms with van der Waals surface area (Å²) in [6.07, 6.45) is 0. The highest BCUT2D eigenvalue weighted by Gasteiger charge is 2.21. The van der Waals surface area contributed by atoms with Gasteiger partial charge in [0.1, 0.15) is 11.2 Å². The molecule has 0 amide bonds. The summed E-state index contributed by atoms with van der Waals surface area (Å²) < 4.78 is 9.16. The van der Waals surface area contributed by atoms with Crippen molar-refractivity contribution in [3.63, 3.8) is 0 Å². The molecule has 0 saturated heterocycles. The first-order valence-electron chi connectivity index (χ1n) is 20.3. The molecule has 0 aliphatic rings. The van der Waals surface area contributed by atoms with E-state index in [2.05, 4.69) is 180 Å². The Morgan fingerprint density at radius 2 is 0.917 bits per heavy atom. The lowest BCUT2D eigenvalue weighted by molar-refractivity contribution is 0.672. The van der Waals surface area contributed by atoms with Crippen molar-refractivity contribution in [3.05, 3.63) is 194 Å². The minimum Gasteiger partial charge on any atom is -0.455 e. The van der Waals surface area contributed by atoms with E-state index in [4.69, 9.17) is 19.4 Å². The van der Waals surface area contributed by atoms with E-state index in [1.165, 1.54) is 32.4 Å². The largest absolute Gasteiger partial charge is 0.455 e. The second-order valence-electron chi connectivity index (χ2n) is 15.6. The number of furan rings is 1. The fourth-order valence-electron chi connectivity index (χ4n) is 9.42. The van der Waals surface area contributed by atoms with Crippen LogP contribution in [0.4, 0.5) is 0 Å². The molecule has 3 heterocycles. The van der Waals surface area contributed by atoms with Crippen LogP contribution in [-0.4, -0.2) is 19.5 Å². The van der Waals surface area contributed by atoms with Crippen LogP contribution in [0.15, 0.2) is 199 Å². The van der Waals surface area contributed by atoms with Gasteiger partial charge in [0, 0.05) is 49.3 Å². The number of rotatable bonds is 4. The van der Waals surface area contributed by atoms with Gasteiger partial charge in [0.05, 0.1) is 11.0 Å². The first-order chi connectivity index (χ1) is 29.7. The van der Waals surface area contributed by atoms with Gasteiger partial charge in [-0.2, -0.15) is 0 Å². The van der Waals surface area contributed by atoms with Crippen LogP contribution in [0.2, 0.25) is 0 Å². The van der Waals surface area contributed by atoms with Crippen LogP contribution in [0.1, 0.15) is 0 Å². The molecule has 278 valence electrons. The Balaban J connectivity index is 1.08. The first-order valence-corrected chi connectivity index (χ1v) is 20.3. The van der Waals surface area contributed by atoms with Crippen molar-refractivity contribution in [2.24, 2.45) is 0 Å². The number of hydrogen-bond acceptors (Lipinski definition) is 4. The highest BCUT2D eigenvalue weighted by molar-refractivity contribution is 6.20. The van der Waals surface area contributed by atoms with E-state index in [1.807, 2.05) is 18.2 Å². The lowest BCUT2D eigenvalue weighted by atomic mass is 9.96. The van der Waals surface area contributed by atoms with Gasteiger partial charge in [-0.1, -0.05) is 146 Å². The standard InChI is InChI=1S/C55H32N4O/c1-2-14-33(15-3-1)53-56-54(47-29-36-18-6-7-19-38(36)39-20-8-9-21-40(39)47)58-55(57-53)48-32-46-45-31-37(26-27-51(45)60-52(46)43-24-11-10-22-41(43)48)59-49-25-13-12-23-42(49)44-28-34-16-4-5-17-35(34)30-50(44)59/h1-32H. The monoisotopic (exact) mass is 764 g/mol. The molecule has 3 aromatic heterocycles. The van der Waals surface area contributed by atoms with E-state index >= 15 is 0 Å². The minimum absolute atomic E-state index is 0.606. The zero-order valence-corrected chi connectivity index (χ0v) is 32.2. The Bertz CT molecular complexity index is 3900. The second kappa shape index (κ2) is 12.7. The highest BCUT2D eigenvalue weighted by Crippen LogP contribution is 2.42. The molecule has 10 aromatic carbocycles. The van der Waals surface area contributed by atoms with Crippen molar-refractivity contribution in [3.8, 4) is 39.9 Å². The van der Waals surface area contributed by atoms with E-state index < -0.39 is 0 Å². The third-order valence-electron chi connectivity index (χ3n) is 12.2. The number of hydrogen-bond donors (Lipinski definition) is 0. The number of para-hydroxylation sites is 1. The molecule has 0 atom stereocenters. The Morgan fingerprint density at radius 3 is 1.70 bits per heavy atom. The van der Waals surface area contributed by atoms with E-state index in [0.29, 0.717) is 17.5 Å². The first kappa shape index (κ1) is 32.9. The van der Waals surface area contributed by atoms with E-state index in [1.54, 1.807) is 0 Å². The Morgan fingerprint density at radius 1 is 0.333 bits per heavy atom. The van der Waals surface area contributed by atoms with Crippen LogP contribution in [0.25, 0.3) is 127 Å². The van der Waals surface area contributed by atoms with Gasteiger partial charge in [-0.25, -0.2) is 15.0 Å². The average Bonchev–Trinajstić information content (AvgIpc) is 3.85. The molecule has 13 aromatic rings. The molecule has 0 radical (unpaired) electrons. The maximum atomic E-state index is 6.77. The van der Waals surface area contributed by atoms with Crippen LogP contribution in [0.3, 0.4) is 0 Å². The maximum absolute atomic E-state index is 6.77. The maximum Gasteiger partial charge on any atom is 0.164 e. The summed E-state index contributed by atoms with van der Waals surface area (Å²) in [5.41, 5.74) is 7.87. The summed E-state index contributed by atoms with van der Waals surface area (Å²) in [5.74, 6) is 1.85. The normalized spacial score (nSPS) is 12.0. The molecule has 60 heavy (non-hydrogen) atoms. The third-order valence-corrected chi connectivity index (χ3v) is 12.2. The van der Waals surface area contributed by atoms with Gasteiger partial charge in [0.2, 0.25) is 0 Å². The van der Waals surface area contributed by atoms with Gasteiger partial charge in [0.25, 0.3) is 0 Å². The third kappa shape index (κ3) is 4.90. The van der Waals surface area contributed by atoms with Crippen molar-refractivity contribution in [1.29, 1.82) is 0 Å². The summed E-state index contributed by atoms with van der Waals surface area (Å²) in [6, 6.07) is 68.6. The highest BCUT2D eigenvalue weighted by atomic mass is 16.3. The van der Waals surface area contributed by atoms with Gasteiger partial charge >= 0.3 is 0 Å². The molecule has 5 heteroatoms. The zero-order chi connectivity index (χ0) is 39.3. The number of benzene rings is 10. The smallest absolute Gasteiger partial charge is 0.164 e. The molecular formula is C55H32N4O. The van der Waals surface area contributed by atoms with Crippen LogP contribution >= 0.6 is 0 Å². The van der Waals surface area contributed by atoms with Gasteiger partial charge in [-0.15, -0.1) is 0 Å². The summed E-state index contributed by atoms with van der Waals surface area (Å²) in [4.78, 5) is 15.8. The van der Waals surface area contributed by atoms with Gasteiger partial charge in [-0.05, 0) is 86.2 Å². The fraction of sp³-hybridized carbons (Fsp3) is 0. The van der Waals surface area contributed by atoms with Crippen molar-refractivity contribution >= 4 is 86.8 Å². The Labute approximate surface area is 343 Å². The van der Waals surface area contributed by atoms with Gasteiger partial charge in [-0.3, -0.25) is 0 Å². The minimum atomic E-state index is 0.606. The topological polar surface area (TPSA) is 56.7 Å². The van der Waals surface area contributed by atoms with Crippen LogP contribution < -0.4 is 0 Å². The fourth-order valence-corrected chi connectivity index (χ4v) is 9.42. The second-order valence-corrected chi connectivity index (χ2v) is 15.6. The molecule has 0 aliphatic carbocycles. The molecule has 0 aliphatic heterocycles. The quantitative estimate of drug-likeness (QED) is 0.167. The molecule has 5 nitrogen and oxygen atoms in total. The van der Waals surface area contributed by atoms with Crippen molar-refractivity contribution in [1.82, 2.24) is 19.5 Å². The van der Waals surface area contributed by atoms with E-state index in [9.17, 15) is 0 Å². The molecule has 13 rings (SSSR count).